The number of nitrogens with two attached hydrogens (primary N) is 1. The molecule has 0 spiro atoms. The summed E-state index contributed by atoms with van der Waals surface area (Å²) in [6, 6.07) is 5.25. The van der Waals surface area contributed by atoms with Crippen LogP contribution in [0.5, 0.6) is 0 Å². The number of amides is 1. The van der Waals surface area contributed by atoms with Gasteiger partial charge in [0.25, 0.3) is 5.91 Å². The number of hydrogen-bond acceptors (Lipinski definition) is 4. The average molecular weight is 344 g/mol. The van der Waals surface area contributed by atoms with E-state index in [2.05, 4.69) is 10.3 Å². The first-order valence-corrected chi connectivity index (χ1v) is 7.88. The van der Waals surface area contributed by atoms with Crippen molar-refractivity contribution in [1.29, 1.82) is 0 Å². The van der Waals surface area contributed by atoms with Crippen LogP contribution in [0.3, 0.4) is 0 Å². The van der Waals surface area contributed by atoms with Crippen molar-refractivity contribution in [3.8, 4) is 10.6 Å². The minimum absolute atomic E-state index is 0.240. The molecule has 0 aliphatic rings. The van der Waals surface area contributed by atoms with E-state index in [-0.39, 0.29) is 5.91 Å². The summed E-state index contributed by atoms with van der Waals surface area (Å²) in [7, 11) is 0. The number of halogens is 2. The number of thiazole rings is 1. The van der Waals surface area contributed by atoms with E-state index in [4.69, 9.17) is 28.9 Å². The molecule has 1 amide bonds. The van der Waals surface area contributed by atoms with Crippen LogP contribution in [0.25, 0.3) is 10.6 Å². The van der Waals surface area contributed by atoms with Crippen molar-refractivity contribution in [3.05, 3.63) is 39.3 Å². The van der Waals surface area contributed by atoms with Crippen LogP contribution in [0.4, 0.5) is 0 Å². The van der Waals surface area contributed by atoms with Crippen molar-refractivity contribution in [2.45, 2.75) is 19.4 Å². The number of aromatic nitrogens is 1. The molecular formula is C14H15Cl2N3OS. The van der Waals surface area contributed by atoms with Crippen molar-refractivity contribution in [2.75, 3.05) is 6.54 Å². The molecule has 0 atom stereocenters. The van der Waals surface area contributed by atoms with Crippen molar-refractivity contribution >= 4 is 40.4 Å². The first-order valence-electron chi connectivity index (χ1n) is 6.24. The van der Waals surface area contributed by atoms with E-state index in [9.17, 15) is 4.79 Å². The molecule has 2 rings (SSSR count). The van der Waals surface area contributed by atoms with Crippen LogP contribution in [-0.4, -0.2) is 23.0 Å². The monoisotopic (exact) mass is 343 g/mol. The molecule has 4 nitrogen and oxygen atoms in total. The molecule has 0 saturated heterocycles. The summed E-state index contributed by atoms with van der Waals surface area (Å²) in [4.78, 5) is 16.3. The number of benzene rings is 1. The topological polar surface area (TPSA) is 68.0 Å². The van der Waals surface area contributed by atoms with Crippen LogP contribution in [0, 0.1) is 0 Å². The molecule has 2 aromatic rings. The molecule has 0 bridgehead atoms. The van der Waals surface area contributed by atoms with Crippen molar-refractivity contribution in [1.82, 2.24) is 10.3 Å². The molecule has 1 aromatic carbocycles. The highest BCUT2D eigenvalue weighted by Crippen LogP contribution is 2.30. The SMILES string of the molecule is CC(C)(N)CNC(=O)c1csc(-c2ccc(Cl)c(Cl)c2)n1. The number of carbonyl (C=O) groups excluding carboxylic acids is 1. The van der Waals surface area contributed by atoms with Crippen LogP contribution in [0.15, 0.2) is 23.6 Å². The van der Waals surface area contributed by atoms with Gasteiger partial charge in [-0.15, -0.1) is 11.3 Å². The van der Waals surface area contributed by atoms with Gasteiger partial charge in [-0.1, -0.05) is 29.3 Å². The van der Waals surface area contributed by atoms with E-state index < -0.39 is 5.54 Å². The van der Waals surface area contributed by atoms with Crippen molar-refractivity contribution in [2.24, 2.45) is 5.73 Å². The summed E-state index contributed by atoms with van der Waals surface area (Å²) in [6.45, 7) is 4.07. The van der Waals surface area contributed by atoms with E-state index >= 15 is 0 Å². The number of nitrogens with zero attached hydrogens (tertiary/aromatic N) is 1. The van der Waals surface area contributed by atoms with Crippen LogP contribution in [-0.2, 0) is 0 Å². The summed E-state index contributed by atoms with van der Waals surface area (Å²) in [6.07, 6.45) is 0. The zero-order chi connectivity index (χ0) is 15.6. The molecule has 0 saturated carbocycles. The second-order valence-corrected chi connectivity index (χ2v) is 7.01. The van der Waals surface area contributed by atoms with Crippen LogP contribution in [0.2, 0.25) is 10.0 Å². The van der Waals surface area contributed by atoms with E-state index in [1.807, 2.05) is 19.9 Å². The fraction of sp³-hybridized carbons (Fsp3) is 0.286. The maximum absolute atomic E-state index is 12.0. The van der Waals surface area contributed by atoms with Gasteiger partial charge in [0.1, 0.15) is 10.7 Å². The van der Waals surface area contributed by atoms with Gasteiger partial charge in [-0.2, -0.15) is 0 Å². The Bertz CT molecular complexity index is 664. The van der Waals surface area contributed by atoms with Gasteiger partial charge in [0, 0.05) is 23.0 Å². The Morgan fingerprint density at radius 3 is 2.71 bits per heavy atom. The molecular weight excluding hydrogens is 329 g/mol. The van der Waals surface area contributed by atoms with Gasteiger partial charge < -0.3 is 11.1 Å². The zero-order valence-corrected chi connectivity index (χ0v) is 13.9. The lowest BCUT2D eigenvalue weighted by Gasteiger charge is -2.18. The van der Waals surface area contributed by atoms with Gasteiger partial charge >= 0.3 is 0 Å². The molecule has 1 heterocycles. The third-order valence-corrected chi connectivity index (χ3v) is 4.24. The summed E-state index contributed by atoms with van der Waals surface area (Å²) in [5.74, 6) is -0.240. The maximum Gasteiger partial charge on any atom is 0.270 e. The molecule has 0 fully saturated rings. The molecule has 3 N–H and O–H groups in total. The van der Waals surface area contributed by atoms with Gasteiger partial charge in [0.15, 0.2) is 0 Å². The Kier molecular flexibility index (Phi) is 4.88. The molecule has 1 aromatic heterocycles. The number of nitrogens with one attached hydrogen (secondary N) is 1. The summed E-state index contributed by atoms with van der Waals surface area (Å²) in [5.41, 5.74) is 6.56. The van der Waals surface area contributed by atoms with Crippen LogP contribution < -0.4 is 11.1 Å². The Labute approximate surface area is 137 Å². The van der Waals surface area contributed by atoms with E-state index in [1.165, 1.54) is 11.3 Å². The van der Waals surface area contributed by atoms with Gasteiger partial charge in [0.2, 0.25) is 0 Å². The zero-order valence-electron chi connectivity index (χ0n) is 11.6. The number of hydrogen-bond donors (Lipinski definition) is 2. The average Bonchev–Trinajstić information content (AvgIpc) is 2.88. The van der Waals surface area contributed by atoms with E-state index in [1.54, 1.807) is 17.5 Å². The van der Waals surface area contributed by atoms with Gasteiger partial charge in [-0.05, 0) is 26.0 Å². The van der Waals surface area contributed by atoms with Crippen LogP contribution >= 0.6 is 34.5 Å². The first-order chi connectivity index (χ1) is 9.76. The predicted molar refractivity (Wildman–Crippen MR) is 88.2 cm³/mol. The largest absolute Gasteiger partial charge is 0.349 e. The van der Waals surface area contributed by atoms with Crippen molar-refractivity contribution in [3.63, 3.8) is 0 Å². The predicted octanol–water partition coefficient (Wildman–Crippen LogP) is 3.58. The minimum atomic E-state index is -0.460. The summed E-state index contributed by atoms with van der Waals surface area (Å²) in [5, 5.41) is 6.12. The molecule has 112 valence electrons. The lowest BCUT2D eigenvalue weighted by molar-refractivity contribution is 0.0942. The summed E-state index contributed by atoms with van der Waals surface area (Å²) < 4.78 is 0. The quantitative estimate of drug-likeness (QED) is 0.891. The van der Waals surface area contributed by atoms with E-state index in [0.29, 0.717) is 27.3 Å². The molecule has 0 radical (unpaired) electrons. The Hall–Kier alpha value is -1.14. The normalized spacial score (nSPS) is 11.5. The fourth-order valence-electron chi connectivity index (χ4n) is 1.54. The van der Waals surface area contributed by atoms with Crippen LogP contribution in [0.1, 0.15) is 24.3 Å². The maximum atomic E-state index is 12.0. The van der Waals surface area contributed by atoms with Gasteiger partial charge in [0.05, 0.1) is 10.0 Å². The number of carbonyl (C=O) groups is 1. The molecule has 0 unspecified atom stereocenters. The van der Waals surface area contributed by atoms with Gasteiger partial charge in [-0.3, -0.25) is 4.79 Å². The summed E-state index contributed by atoms with van der Waals surface area (Å²) >= 11 is 13.2. The first kappa shape index (κ1) is 16.2. The third kappa shape index (κ3) is 4.41. The number of rotatable bonds is 4. The Morgan fingerprint density at radius 2 is 2.10 bits per heavy atom. The highest BCUT2D eigenvalue weighted by Gasteiger charge is 2.16. The lowest BCUT2D eigenvalue weighted by Crippen LogP contribution is -2.45. The lowest BCUT2D eigenvalue weighted by atomic mass is 10.1. The Balaban J connectivity index is 2.14. The fourth-order valence-corrected chi connectivity index (χ4v) is 2.63. The standard InChI is InChI=1S/C14H15Cl2N3OS/c1-14(2,17)7-18-12(20)11-6-21-13(19-11)8-3-4-9(15)10(16)5-8/h3-6H,7,17H2,1-2H3,(H,18,20). The highest BCUT2D eigenvalue weighted by molar-refractivity contribution is 7.13. The second-order valence-electron chi connectivity index (χ2n) is 5.34. The third-order valence-electron chi connectivity index (χ3n) is 2.61. The van der Waals surface area contributed by atoms with Gasteiger partial charge in [-0.25, -0.2) is 4.98 Å². The highest BCUT2D eigenvalue weighted by atomic mass is 35.5. The molecule has 0 aliphatic heterocycles. The smallest absolute Gasteiger partial charge is 0.270 e. The second kappa shape index (κ2) is 6.32. The molecule has 21 heavy (non-hydrogen) atoms. The Morgan fingerprint density at radius 1 is 1.38 bits per heavy atom. The molecule has 7 heteroatoms. The van der Waals surface area contributed by atoms with E-state index in [0.717, 1.165) is 5.56 Å². The molecule has 0 aliphatic carbocycles. The minimum Gasteiger partial charge on any atom is -0.349 e. The van der Waals surface area contributed by atoms with Crippen molar-refractivity contribution < 1.29 is 4.79 Å².